The summed E-state index contributed by atoms with van der Waals surface area (Å²) in [6.07, 6.45) is 0.948. The van der Waals surface area contributed by atoms with Gasteiger partial charge in [0.25, 0.3) is 5.69 Å². The van der Waals surface area contributed by atoms with Gasteiger partial charge in [-0.1, -0.05) is 0 Å². The van der Waals surface area contributed by atoms with Gasteiger partial charge in [0.15, 0.2) is 0 Å². The molecule has 2 atom stereocenters. The number of methoxy groups -OCH3 is 1. The van der Waals surface area contributed by atoms with E-state index in [1.54, 1.807) is 0 Å². The number of sulfonamides is 1. The molecule has 0 saturated carbocycles. The maximum absolute atomic E-state index is 12.9. The molecule has 0 aliphatic carbocycles. The Morgan fingerprint density at radius 3 is 2.50 bits per heavy atom. The van der Waals surface area contributed by atoms with Gasteiger partial charge in [0.2, 0.25) is 10.0 Å². The number of piperidine rings is 1. The van der Waals surface area contributed by atoms with Crippen molar-refractivity contribution in [2.75, 3.05) is 20.2 Å². The van der Waals surface area contributed by atoms with E-state index in [9.17, 15) is 23.3 Å². The minimum absolute atomic E-state index is 0.0567. The number of non-ortho nitro benzene ring substituents is 1. The Hall–Kier alpha value is -2.04. The molecule has 1 aliphatic heterocycles. The molecule has 0 spiro atoms. The van der Waals surface area contributed by atoms with Gasteiger partial charge in [0.1, 0.15) is 6.04 Å². The van der Waals surface area contributed by atoms with Gasteiger partial charge in [-0.15, -0.1) is 0 Å². The summed E-state index contributed by atoms with van der Waals surface area (Å²) in [5, 5.41) is 10.7. The number of nitro benzene ring substituents is 1. The van der Waals surface area contributed by atoms with Crippen molar-refractivity contribution in [1.82, 2.24) is 4.31 Å². The summed E-state index contributed by atoms with van der Waals surface area (Å²) in [5.41, 5.74) is 5.43. The fourth-order valence-corrected chi connectivity index (χ4v) is 4.40. The Kier molecular flexibility index (Phi) is 5.52. The fourth-order valence-electron chi connectivity index (χ4n) is 2.72. The van der Waals surface area contributed by atoms with E-state index in [0.29, 0.717) is 19.4 Å². The first kappa shape index (κ1) is 18.3. The predicted octanol–water partition coefficient (Wildman–Crippen LogP) is 0.496. The maximum atomic E-state index is 12.9. The van der Waals surface area contributed by atoms with Crippen LogP contribution in [-0.2, 0) is 19.6 Å². The van der Waals surface area contributed by atoms with Gasteiger partial charge in [0.05, 0.1) is 16.9 Å². The van der Waals surface area contributed by atoms with E-state index in [4.69, 9.17) is 10.5 Å². The van der Waals surface area contributed by atoms with E-state index in [1.165, 1.54) is 7.11 Å². The molecule has 1 heterocycles. The maximum Gasteiger partial charge on any atom is 0.324 e. The first-order chi connectivity index (χ1) is 11.3. The van der Waals surface area contributed by atoms with E-state index in [0.717, 1.165) is 28.6 Å². The van der Waals surface area contributed by atoms with Crippen LogP contribution in [0.2, 0.25) is 0 Å². The van der Waals surface area contributed by atoms with Crippen LogP contribution >= 0.6 is 0 Å². The Bertz CT molecular complexity index is 719. The number of rotatable bonds is 5. The number of nitrogens with zero attached hydrogens (tertiary/aromatic N) is 2. The van der Waals surface area contributed by atoms with Crippen molar-refractivity contribution in [1.29, 1.82) is 0 Å². The number of hydrogen-bond donors (Lipinski definition) is 1. The highest BCUT2D eigenvalue weighted by molar-refractivity contribution is 7.89. The lowest BCUT2D eigenvalue weighted by molar-refractivity contribution is -0.384. The van der Waals surface area contributed by atoms with Crippen molar-refractivity contribution >= 4 is 21.7 Å². The summed E-state index contributed by atoms with van der Waals surface area (Å²) < 4.78 is 31.5. The molecule has 1 aromatic rings. The van der Waals surface area contributed by atoms with Crippen molar-refractivity contribution in [3.05, 3.63) is 34.4 Å². The van der Waals surface area contributed by atoms with Crippen LogP contribution in [0.1, 0.15) is 12.8 Å². The predicted molar refractivity (Wildman–Crippen MR) is 84.6 cm³/mol. The zero-order valence-corrected chi connectivity index (χ0v) is 13.9. The summed E-state index contributed by atoms with van der Waals surface area (Å²) in [4.78, 5) is 21.9. The Morgan fingerprint density at radius 1 is 1.38 bits per heavy atom. The Balaban J connectivity index is 2.38. The van der Waals surface area contributed by atoms with E-state index in [1.807, 2.05) is 0 Å². The highest BCUT2D eigenvalue weighted by atomic mass is 32.2. The SMILES string of the molecule is COC(=O)[C@H]1CC[C@H](CN)CN1S(=O)(=O)c1ccc([N+](=O)[O-])cc1. The third-order valence-corrected chi connectivity index (χ3v) is 5.98. The van der Waals surface area contributed by atoms with Crippen LogP contribution in [0.3, 0.4) is 0 Å². The highest BCUT2D eigenvalue weighted by Gasteiger charge is 2.41. The normalized spacial score (nSPS) is 22.1. The van der Waals surface area contributed by atoms with Crippen LogP contribution in [0, 0.1) is 16.0 Å². The quantitative estimate of drug-likeness (QED) is 0.461. The van der Waals surface area contributed by atoms with Crippen LogP contribution in [0.5, 0.6) is 0 Å². The fraction of sp³-hybridized carbons (Fsp3) is 0.500. The van der Waals surface area contributed by atoms with Gasteiger partial charge in [-0.05, 0) is 37.4 Å². The smallest absolute Gasteiger partial charge is 0.324 e. The molecule has 0 radical (unpaired) electrons. The molecule has 0 bridgehead atoms. The second-order valence-corrected chi connectivity index (χ2v) is 7.43. The number of benzene rings is 1. The second kappa shape index (κ2) is 7.24. The van der Waals surface area contributed by atoms with Crippen LogP contribution in [-0.4, -0.2) is 49.9 Å². The third kappa shape index (κ3) is 3.55. The molecule has 1 aromatic carbocycles. The molecule has 24 heavy (non-hydrogen) atoms. The number of esters is 1. The topological polar surface area (TPSA) is 133 Å². The molecule has 2 N–H and O–H groups in total. The lowest BCUT2D eigenvalue weighted by Crippen LogP contribution is -2.52. The Morgan fingerprint density at radius 2 is 2.00 bits per heavy atom. The van der Waals surface area contributed by atoms with Crippen molar-refractivity contribution in [2.24, 2.45) is 11.7 Å². The molecule has 10 heteroatoms. The highest BCUT2D eigenvalue weighted by Crippen LogP contribution is 2.29. The van der Waals surface area contributed by atoms with E-state index >= 15 is 0 Å². The molecule has 0 unspecified atom stereocenters. The number of carbonyl (C=O) groups excluding carboxylic acids is 1. The molecule has 9 nitrogen and oxygen atoms in total. The number of nitro groups is 1. The zero-order valence-electron chi connectivity index (χ0n) is 13.1. The summed E-state index contributed by atoms with van der Waals surface area (Å²) >= 11 is 0. The molecular weight excluding hydrogens is 338 g/mol. The minimum Gasteiger partial charge on any atom is -0.468 e. The van der Waals surface area contributed by atoms with Gasteiger partial charge in [-0.25, -0.2) is 8.42 Å². The second-order valence-electron chi connectivity index (χ2n) is 5.54. The van der Waals surface area contributed by atoms with Crippen LogP contribution in [0.15, 0.2) is 29.2 Å². The summed E-state index contributed by atoms with van der Waals surface area (Å²) in [6.45, 7) is 0.412. The molecule has 132 valence electrons. The standard InChI is InChI=1S/C14H19N3O6S/c1-23-14(18)13-7-2-10(8-15)9-16(13)24(21,22)12-5-3-11(4-6-12)17(19)20/h3-6,10,13H,2,7-9,15H2,1H3/t10-,13-/m1/s1. The molecule has 1 fully saturated rings. The summed E-state index contributed by atoms with van der Waals surface area (Å²) in [5.74, 6) is -0.685. The average molecular weight is 357 g/mol. The summed E-state index contributed by atoms with van der Waals surface area (Å²) in [7, 11) is -2.80. The van der Waals surface area contributed by atoms with Crippen molar-refractivity contribution in [3.63, 3.8) is 0 Å². The molecule has 2 rings (SSSR count). The molecule has 0 aromatic heterocycles. The monoisotopic (exact) mass is 357 g/mol. The van der Waals surface area contributed by atoms with Gasteiger partial charge in [-0.3, -0.25) is 14.9 Å². The Labute approximate surface area is 139 Å². The van der Waals surface area contributed by atoms with E-state index in [-0.39, 0.29) is 23.0 Å². The third-order valence-electron chi connectivity index (χ3n) is 4.09. The van der Waals surface area contributed by atoms with E-state index in [2.05, 4.69) is 0 Å². The lowest BCUT2D eigenvalue weighted by atomic mass is 9.95. The molecule has 0 amide bonds. The number of hydrogen-bond acceptors (Lipinski definition) is 7. The summed E-state index contributed by atoms with van der Waals surface area (Å²) in [6, 6.07) is 3.63. The van der Waals surface area contributed by atoms with Crippen molar-refractivity contribution in [2.45, 2.75) is 23.8 Å². The van der Waals surface area contributed by atoms with Gasteiger partial charge < -0.3 is 10.5 Å². The molecule has 1 saturated heterocycles. The molecular formula is C14H19N3O6S. The number of ether oxygens (including phenoxy) is 1. The minimum atomic E-state index is -4.00. The van der Waals surface area contributed by atoms with Gasteiger partial charge >= 0.3 is 5.97 Å². The lowest BCUT2D eigenvalue weighted by Gasteiger charge is -2.36. The van der Waals surface area contributed by atoms with Gasteiger partial charge in [0, 0.05) is 18.7 Å². The number of nitrogens with two attached hydrogens (primary N) is 1. The van der Waals surface area contributed by atoms with Crippen molar-refractivity contribution < 1.29 is 22.9 Å². The number of carbonyl (C=O) groups is 1. The van der Waals surface area contributed by atoms with Crippen LogP contribution in [0.4, 0.5) is 5.69 Å². The zero-order chi connectivity index (χ0) is 17.9. The first-order valence-corrected chi connectivity index (χ1v) is 8.79. The van der Waals surface area contributed by atoms with Crippen LogP contribution < -0.4 is 5.73 Å². The average Bonchev–Trinajstić information content (AvgIpc) is 2.60. The largest absolute Gasteiger partial charge is 0.468 e. The van der Waals surface area contributed by atoms with E-state index < -0.39 is 27.0 Å². The van der Waals surface area contributed by atoms with Crippen molar-refractivity contribution in [3.8, 4) is 0 Å². The van der Waals surface area contributed by atoms with Gasteiger partial charge in [-0.2, -0.15) is 4.31 Å². The van der Waals surface area contributed by atoms with Crippen LogP contribution in [0.25, 0.3) is 0 Å². The first-order valence-electron chi connectivity index (χ1n) is 7.35. The molecule has 1 aliphatic rings.